The van der Waals surface area contributed by atoms with Gasteiger partial charge in [0, 0.05) is 28.1 Å². The normalized spacial score (nSPS) is 14.5. The number of phenolic OH excluding ortho intramolecular Hbond substituents is 1. The van der Waals surface area contributed by atoms with E-state index in [1.165, 1.54) is 0 Å². The maximum atomic E-state index is 10.00. The number of hydrogen-bond donors (Lipinski definition) is 1. The molecule has 3 heterocycles. The zero-order valence-electron chi connectivity index (χ0n) is 18.2. The second-order valence-corrected chi connectivity index (χ2v) is 8.36. The fraction of sp³-hybridized carbons (Fsp3) is 0.0769. The van der Waals surface area contributed by atoms with Gasteiger partial charge in [-0.05, 0) is 17.7 Å². The Balaban J connectivity index is 1.37. The SMILES string of the molecule is Oc1ccc2c(c1)Oc1ncn3nc(CO/N=C\c4ccccc4Cl)nc3c1[C@@H]2c1ccccc1. The van der Waals surface area contributed by atoms with Crippen molar-refractivity contribution >= 4 is 23.5 Å². The Kier molecular flexibility index (Phi) is 5.27. The van der Waals surface area contributed by atoms with Crippen molar-refractivity contribution < 1.29 is 14.7 Å². The molecule has 0 saturated carbocycles. The molecule has 0 aliphatic carbocycles. The third-order valence-corrected chi connectivity index (χ3v) is 6.08. The van der Waals surface area contributed by atoms with Crippen molar-refractivity contribution in [2.24, 2.45) is 5.16 Å². The van der Waals surface area contributed by atoms with E-state index in [9.17, 15) is 5.11 Å². The molecule has 2 aromatic heterocycles. The predicted octanol–water partition coefficient (Wildman–Crippen LogP) is 5.32. The zero-order valence-corrected chi connectivity index (χ0v) is 19.0. The third-order valence-electron chi connectivity index (χ3n) is 5.73. The Labute approximate surface area is 205 Å². The van der Waals surface area contributed by atoms with Gasteiger partial charge in [-0.2, -0.15) is 0 Å². The number of nitrogens with zero attached hydrogens (tertiary/aromatic N) is 5. The fourth-order valence-electron chi connectivity index (χ4n) is 4.17. The van der Waals surface area contributed by atoms with E-state index in [-0.39, 0.29) is 18.3 Å². The maximum absolute atomic E-state index is 10.00. The van der Waals surface area contributed by atoms with Crippen molar-refractivity contribution in [2.45, 2.75) is 12.5 Å². The van der Waals surface area contributed by atoms with Crippen molar-refractivity contribution in [3.8, 4) is 17.4 Å². The summed E-state index contributed by atoms with van der Waals surface area (Å²) in [6.07, 6.45) is 3.10. The van der Waals surface area contributed by atoms with Gasteiger partial charge in [0.05, 0.1) is 11.8 Å². The Morgan fingerprint density at radius 1 is 1.09 bits per heavy atom. The molecule has 3 aromatic carbocycles. The molecule has 1 aliphatic rings. The van der Waals surface area contributed by atoms with Crippen LogP contribution in [-0.4, -0.2) is 30.9 Å². The molecule has 1 atom stereocenters. The quantitative estimate of drug-likeness (QED) is 0.263. The van der Waals surface area contributed by atoms with Crippen LogP contribution in [0.15, 0.2) is 84.3 Å². The first-order valence-corrected chi connectivity index (χ1v) is 11.2. The molecular formula is C26H18ClN5O3. The summed E-state index contributed by atoms with van der Waals surface area (Å²) < 4.78 is 7.68. The molecule has 9 heteroatoms. The smallest absolute Gasteiger partial charge is 0.228 e. The highest BCUT2D eigenvalue weighted by atomic mass is 35.5. The lowest BCUT2D eigenvalue weighted by molar-refractivity contribution is 0.126. The molecule has 1 N–H and O–H groups in total. The van der Waals surface area contributed by atoms with Gasteiger partial charge in [0.2, 0.25) is 5.88 Å². The molecule has 0 fully saturated rings. The van der Waals surface area contributed by atoms with E-state index >= 15 is 0 Å². The average Bonchev–Trinajstić information content (AvgIpc) is 3.30. The van der Waals surface area contributed by atoms with E-state index in [2.05, 4.69) is 15.2 Å². The first-order chi connectivity index (χ1) is 17.2. The summed E-state index contributed by atoms with van der Waals surface area (Å²) in [6, 6.07) is 22.5. The van der Waals surface area contributed by atoms with Crippen molar-refractivity contribution in [2.75, 3.05) is 0 Å². The van der Waals surface area contributed by atoms with Crippen LogP contribution in [0.5, 0.6) is 17.4 Å². The lowest BCUT2D eigenvalue weighted by Gasteiger charge is -2.27. The summed E-state index contributed by atoms with van der Waals surface area (Å²) in [7, 11) is 0. The van der Waals surface area contributed by atoms with Crippen molar-refractivity contribution in [3.05, 3.63) is 112 Å². The van der Waals surface area contributed by atoms with Crippen LogP contribution in [0.25, 0.3) is 5.65 Å². The lowest BCUT2D eigenvalue weighted by Crippen LogP contribution is -2.14. The summed E-state index contributed by atoms with van der Waals surface area (Å²) in [5.74, 6) is 1.34. The molecule has 0 bridgehead atoms. The molecule has 0 spiro atoms. The fourth-order valence-corrected chi connectivity index (χ4v) is 4.35. The van der Waals surface area contributed by atoms with Crippen LogP contribution in [0, 0.1) is 0 Å². The number of hydrogen-bond acceptors (Lipinski definition) is 7. The summed E-state index contributed by atoms with van der Waals surface area (Å²) in [5, 5.41) is 19.1. The van der Waals surface area contributed by atoms with E-state index in [0.29, 0.717) is 28.1 Å². The lowest BCUT2D eigenvalue weighted by atomic mass is 9.84. The number of aromatic hydroxyl groups is 1. The maximum Gasteiger partial charge on any atom is 0.228 e. The monoisotopic (exact) mass is 483 g/mol. The standard InChI is InChI=1S/C26H18ClN5O3/c27-20-9-5-4-8-17(20)13-29-34-14-22-30-25-24-23(16-6-2-1-3-7-16)19-11-10-18(33)12-21(19)35-26(24)28-15-32(25)31-22/h1-13,15,23,33H,14H2/b29-13-/t23-/m1/s1. The van der Waals surface area contributed by atoms with Gasteiger partial charge in [-0.3, -0.25) is 0 Å². The molecular weight excluding hydrogens is 466 g/mol. The van der Waals surface area contributed by atoms with Crippen molar-refractivity contribution in [1.82, 2.24) is 19.6 Å². The molecule has 6 rings (SSSR count). The molecule has 35 heavy (non-hydrogen) atoms. The summed E-state index contributed by atoms with van der Waals surface area (Å²) >= 11 is 6.14. The van der Waals surface area contributed by atoms with Crippen LogP contribution in [-0.2, 0) is 11.4 Å². The molecule has 0 radical (unpaired) electrons. The highest BCUT2D eigenvalue weighted by Gasteiger charge is 2.33. The Morgan fingerprint density at radius 3 is 2.77 bits per heavy atom. The number of benzene rings is 3. The average molecular weight is 484 g/mol. The van der Waals surface area contributed by atoms with Gasteiger partial charge in [0.25, 0.3) is 0 Å². The van der Waals surface area contributed by atoms with Crippen LogP contribution in [0.3, 0.4) is 0 Å². The topological polar surface area (TPSA) is 94.1 Å². The van der Waals surface area contributed by atoms with Gasteiger partial charge in [-0.15, -0.1) is 5.10 Å². The van der Waals surface area contributed by atoms with Crippen LogP contribution in [0.4, 0.5) is 0 Å². The van der Waals surface area contributed by atoms with E-state index in [0.717, 1.165) is 22.3 Å². The van der Waals surface area contributed by atoms with Gasteiger partial charge in [-0.1, -0.05) is 71.4 Å². The van der Waals surface area contributed by atoms with Gasteiger partial charge in [0.15, 0.2) is 18.1 Å². The second-order valence-electron chi connectivity index (χ2n) is 7.96. The highest BCUT2D eigenvalue weighted by Crippen LogP contribution is 2.48. The first-order valence-electron chi connectivity index (χ1n) is 10.9. The number of fused-ring (bicyclic) bond motifs is 4. The molecule has 172 valence electrons. The number of aromatic nitrogens is 4. The minimum atomic E-state index is -0.206. The van der Waals surface area contributed by atoms with E-state index in [1.807, 2.05) is 54.6 Å². The van der Waals surface area contributed by atoms with Gasteiger partial charge in [-0.25, -0.2) is 14.5 Å². The van der Waals surface area contributed by atoms with E-state index < -0.39 is 0 Å². The summed E-state index contributed by atoms with van der Waals surface area (Å²) in [5.41, 5.74) is 4.10. The molecule has 0 unspecified atom stereocenters. The van der Waals surface area contributed by atoms with E-state index in [4.69, 9.17) is 26.2 Å². The number of rotatable bonds is 5. The van der Waals surface area contributed by atoms with Crippen LogP contribution >= 0.6 is 11.6 Å². The number of phenols is 1. The highest BCUT2D eigenvalue weighted by molar-refractivity contribution is 6.33. The first kappa shape index (κ1) is 21.1. The summed E-state index contributed by atoms with van der Waals surface area (Å²) in [4.78, 5) is 14.6. The Hall–Kier alpha value is -4.43. The summed E-state index contributed by atoms with van der Waals surface area (Å²) in [6.45, 7) is 0.0682. The predicted molar refractivity (Wildman–Crippen MR) is 130 cm³/mol. The zero-order chi connectivity index (χ0) is 23.8. The van der Waals surface area contributed by atoms with Crippen LogP contribution < -0.4 is 4.74 Å². The Bertz CT molecular complexity index is 1570. The largest absolute Gasteiger partial charge is 0.508 e. The van der Waals surface area contributed by atoms with Crippen molar-refractivity contribution in [3.63, 3.8) is 0 Å². The minimum Gasteiger partial charge on any atom is -0.508 e. The molecule has 0 amide bonds. The molecule has 8 nitrogen and oxygen atoms in total. The van der Waals surface area contributed by atoms with Gasteiger partial charge < -0.3 is 14.7 Å². The molecule has 5 aromatic rings. The minimum absolute atomic E-state index is 0.0682. The molecule has 0 saturated heterocycles. The second kappa shape index (κ2) is 8.73. The van der Waals surface area contributed by atoms with E-state index in [1.54, 1.807) is 35.3 Å². The van der Waals surface area contributed by atoms with Gasteiger partial charge >= 0.3 is 0 Å². The van der Waals surface area contributed by atoms with Gasteiger partial charge in [0.1, 0.15) is 17.8 Å². The third kappa shape index (κ3) is 3.94. The Morgan fingerprint density at radius 2 is 1.91 bits per heavy atom. The number of ether oxygens (including phenoxy) is 1. The molecule has 1 aliphatic heterocycles. The van der Waals surface area contributed by atoms with Crippen LogP contribution in [0.1, 0.15) is 34.0 Å². The number of halogens is 1. The van der Waals surface area contributed by atoms with Crippen LogP contribution in [0.2, 0.25) is 5.02 Å². The number of oxime groups is 1. The van der Waals surface area contributed by atoms with Crippen molar-refractivity contribution in [1.29, 1.82) is 0 Å².